The summed E-state index contributed by atoms with van der Waals surface area (Å²) in [5, 5.41) is 14.7. The molecule has 0 spiro atoms. The second-order valence-corrected chi connectivity index (χ2v) is 5.67. The lowest BCUT2D eigenvalue weighted by Gasteiger charge is -2.11. The molecule has 1 amide bonds. The molecule has 5 nitrogen and oxygen atoms in total. The molecule has 1 fully saturated rings. The molecular formula is C15H28N2O3. The highest BCUT2D eigenvalue weighted by molar-refractivity contribution is 5.77. The van der Waals surface area contributed by atoms with Gasteiger partial charge in [0, 0.05) is 19.0 Å². The quantitative estimate of drug-likeness (QED) is 0.537. The lowest BCUT2D eigenvalue weighted by atomic mass is 10.1. The molecule has 0 aromatic heterocycles. The molecule has 0 bridgehead atoms. The molecule has 1 rings (SSSR count). The molecule has 1 aliphatic rings. The monoisotopic (exact) mass is 284 g/mol. The van der Waals surface area contributed by atoms with Crippen LogP contribution in [0, 0.1) is 0 Å². The SMILES string of the molecule is CCCCCCCCCC(=O)N[C@@H]1CN[C@H](C(=O)O)C1. The van der Waals surface area contributed by atoms with Crippen molar-refractivity contribution < 1.29 is 14.7 Å². The second-order valence-electron chi connectivity index (χ2n) is 5.67. The van der Waals surface area contributed by atoms with Crippen LogP contribution in [0.25, 0.3) is 0 Å². The first-order valence-electron chi connectivity index (χ1n) is 7.89. The molecule has 2 atom stereocenters. The highest BCUT2D eigenvalue weighted by Crippen LogP contribution is 2.10. The van der Waals surface area contributed by atoms with E-state index >= 15 is 0 Å². The zero-order chi connectivity index (χ0) is 14.8. The third-order valence-corrected chi connectivity index (χ3v) is 3.80. The van der Waals surface area contributed by atoms with Gasteiger partial charge in [0.15, 0.2) is 0 Å². The number of hydrogen-bond acceptors (Lipinski definition) is 3. The smallest absolute Gasteiger partial charge is 0.320 e. The Morgan fingerprint density at radius 1 is 1.15 bits per heavy atom. The first kappa shape index (κ1) is 17.0. The van der Waals surface area contributed by atoms with E-state index in [0.717, 1.165) is 12.8 Å². The van der Waals surface area contributed by atoms with Crippen LogP contribution in [0.4, 0.5) is 0 Å². The van der Waals surface area contributed by atoms with Crippen molar-refractivity contribution in [2.75, 3.05) is 6.54 Å². The van der Waals surface area contributed by atoms with E-state index < -0.39 is 12.0 Å². The Morgan fingerprint density at radius 2 is 1.80 bits per heavy atom. The summed E-state index contributed by atoms with van der Waals surface area (Å²) in [5.74, 6) is -0.787. The molecule has 0 saturated carbocycles. The van der Waals surface area contributed by atoms with Crippen molar-refractivity contribution >= 4 is 11.9 Å². The number of unbranched alkanes of at least 4 members (excludes halogenated alkanes) is 6. The topological polar surface area (TPSA) is 78.4 Å². The van der Waals surface area contributed by atoms with E-state index in [4.69, 9.17) is 5.11 Å². The molecule has 3 N–H and O–H groups in total. The molecule has 0 unspecified atom stereocenters. The van der Waals surface area contributed by atoms with E-state index in [0.29, 0.717) is 19.4 Å². The minimum atomic E-state index is -0.839. The number of nitrogens with one attached hydrogen (secondary N) is 2. The van der Waals surface area contributed by atoms with Gasteiger partial charge in [0.25, 0.3) is 0 Å². The molecule has 0 aromatic carbocycles. The molecule has 1 heterocycles. The molecule has 20 heavy (non-hydrogen) atoms. The molecule has 0 radical (unpaired) electrons. The van der Waals surface area contributed by atoms with Crippen LogP contribution < -0.4 is 10.6 Å². The predicted octanol–water partition coefficient (Wildman–Crippen LogP) is 2.06. The van der Waals surface area contributed by atoms with Gasteiger partial charge in [-0.1, -0.05) is 45.4 Å². The third-order valence-electron chi connectivity index (χ3n) is 3.80. The first-order valence-corrected chi connectivity index (χ1v) is 7.89. The van der Waals surface area contributed by atoms with Gasteiger partial charge in [-0.2, -0.15) is 0 Å². The summed E-state index contributed by atoms with van der Waals surface area (Å²) in [7, 11) is 0. The van der Waals surface area contributed by atoms with Gasteiger partial charge in [0.05, 0.1) is 0 Å². The lowest BCUT2D eigenvalue weighted by molar-refractivity contribution is -0.139. The van der Waals surface area contributed by atoms with Crippen molar-refractivity contribution in [3.63, 3.8) is 0 Å². The molecule has 1 saturated heterocycles. The second kappa shape index (κ2) is 9.75. The van der Waals surface area contributed by atoms with Crippen LogP contribution in [0.15, 0.2) is 0 Å². The van der Waals surface area contributed by atoms with E-state index in [9.17, 15) is 9.59 Å². The van der Waals surface area contributed by atoms with E-state index in [2.05, 4.69) is 17.6 Å². The molecular weight excluding hydrogens is 256 g/mol. The lowest BCUT2D eigenvalue weighted by Crippen LogP contribution is -2.35. The van der Waals surface area contributed by atoms with Gasteiger partial charge in [-0.15, -0.1) is 0 Å². The summed E-state index contributed by atoms with van der Waals surface area (Å²) in [5.41, 5.74) is 0. The number of carbonyl (C=O) groups is 2. The van der Waals surface area contributed by atoms with Gasteiger partial charge in [-0.3, -0.25) is 9.59 Å². The molecule has 0 aromatic rings. The van der Waals surface area contributed by atoms with Gasteiger partial charge in [0.2, 0.25) is 5.91 Å². The minimum Gasteiger partial charge on any atom is -0.480 e. The van der Waals surface area contributed by atoms with Gasteiger partial charge in [0.1, 0.15) is 6.04 Å². The van der Waals surface area contributed by atoms with Gasteiger partial charge >= 0.3 is 5.97 Å². The van der Waals surface area contributed by atoms with Crippen LogP contribution in [-0.2, 0) is 9.59 Å². The Morgan fingerprint density at radius 3 is 2.40 bits per heavy atom. The number of carboxylic acid groups (broad SMARTS) is 1. The highest BCUT2D eigenvalue weighted by Gasteiger charge is 2.29. The normalized spacial score (nSPS) is 21.9. The summed E-state index contributed by atoms with van der Waals surface area (Å²) in [4.78, 5) is 22.5. The highest BCUT2D eigenvalue weighted by atomic mass is 16.4. The van der Waals surface area contributed by atoms with Crippen LogP contribution in [-0.4, -0.2) is 35.6 Å². The van der Waals surface area contributed by atoms with Crippen LogP contribution in [0.1, 0.15) is 64.7 Å². The van der Waals surface area contributed by atoms with Crippen molar-refractivity contribution in [2.24, 2.45) is 0 Å². The minimum absolute atomic E-state index is 0.0341. The van der Waals surface area contributed by atoms with Crippen molar-refractivity contribution in [2.45, 2.75) is 76.8 Å². The first-order chi connectivity index (χ1) is 9.63. The average Bonchev–Trinajstić information content (AvgIpc) is 2.86. The number of amides is 1. The predicted molar refractivity (Wildman–Crippen MR) is 78.6 cm³/mol. The Kier molecular flexibility index (Phi) is 8.26. The fraction of sp³-hybridized carbons (Fsp3) is 0.867. The number of hydrogen-bond donors (Lipinski definition) is 3. The zero-order valence-electron chi connectivity index (χ0n) is 12.5. The molecule has 116 valence electrons. The molecule has 0 aliphatic carbocycles. The van der Waals surface area contributed by atoms with Gasteiger partial charge < -0.3 is 15.7 Å². The van der Waals surface area contributed by atoms with E-state index in [1.54, 1.807) is 0 Å². The van der Waals surface area contributed by atoms with Crippen molar-refractivity contribution in [3.05, 3.63) is 0 Å². The summed E-state index contributed by atoms with van der Waals surface area (Å²) >= 11 is 0. The number of rotatable bonds is 10. The fourth-order valence-corrected chi connectivity index (χ4v) is 2.58. The van der Waals surface area contributed by atoms with E-state index in [1.807, 2.05) is 0 Å². The van der Waals surface area contributed by atoms with Crippen LogP contribution in [0.5, 0.6) is 0 Å². The fourth-order valence-electron chi connectivity index (χ4n) is 2.58. The summed E-state index contributed by atoms with van der Waals surface area (Å²) in [6.07, 6.45) is 9.42. The Labute approximate surface area is 121 Å². The maximum atomic E-state index is 11.7. The van der Waals surface area contributed by atoms with Crippen molar-refractivity contribution in [3.8, 4) is 0 Å². The summed E-state index contributed by atoms with van der Waals surface area (Å²) in [6, 6.07) is -0.549. The standard InChI is InChI=1S/C15H28N2O3/c1-2-3-4-5-6-7-8-9-14(18)17-12-10-13(15(19)20)16-11-12/h12-13,16H,2-11H2,1H3,(H,17,18)(H,19,20)/t12-,13-/m0/s1. The van der Waals surface area contributed by atoms with E-state index in [1.165, 1.54) is 32.1 Å². The van der Waals surface area contributed by atoms with Gasteiger partial charge in [-0.05, 0) is 12.8 Å². The van der Waals surface area contributed by atoms with Crippen LogP contribution in [0.3, 0.4) is 0 Å². The maximum absolute atomic E-state index is 11.7. The summed E-state index contributed by atoms with van der Waals surface area (Å²) < 4.78 is 0. The van der Waals surface area contributed by atoms with Crippen molar-refractivity contribution in [1.29, 1.82) is 0 Å². The Hall–Kier alpha value is -1.10. The number of carboxylic acids is 1. The maximum Gasteiger partial charge on any atom is 0.320 e. The average molecular weight is 284 g/mol. The number of aliphatic carboxylic acids is 1. The third kappa shape index (κ3) is 6.89. The van der Waals surface area contributed by atoms with Gasteiger partial charge in [-0.25, -0.2) is 0 Å². The number of carbonyl (C=O) groups excluding carboxylic acids is 1. The largest absolute Gasteiger partial charge is 0.480 e. The van der Waals surface area contributed by atoms with Crippen LogP contribution in [0.2, 0.25) is 0 Å². The zero-order valence-corrected chi connectivity index (χ0v) is 12.5. The van der Waals surface area contributed by atoms with E-state index in [-0.39, 0.29) is 11.9 Å². The van der Waals surface area contributed by atoms with Crippen molar-refractivity contribution in [1.82, 2.24) is 10.6 Å². The van der Waals surface area contributed by atoms with Crippen LogP contribution >= 0.6 is 0 Å². The Bertz CT molecular complexity index is 307. The molecule has 5 heteroatoms. The Balaban J connectivity index is 2.00. The molecule has 1 aliphatic heterocycles. The summed E-state index contributed by atoms with van der Waals surface area (Å²) in [6.45, 7) is 2.76.